The number of hydrogen-bond donors (Lipinski definition) is 0. The third-order valence-corrected chi connectivity index (χ3v) is 11.4. The van der Waals surface area contributed by atoms with Crippen LogP contribution in [0.2, 0.25) is 18.1 Å². The SMILES string of the molecule is C=C[C@@H](C[C@@H](CCCCOCc1ccc(OC)cc1)O[Si](C)(C)C(C)(C)C)OCc1ccccc1. The molecule has 194 valence electrons. The van der Waals surface area contributed by atoms with Gasteiger partial charge in [0.15, 0.2) is 8.32 Å². The smallest absolute Gasteiger partial charge is 0.192 e. The van der Waals surface area contributed by atoms with E-state index in [0.717, 1.165) is 43.6 Å². The fourth-order valence-electron chi connectivity index (χ4n) is 3.58. The molecule has 0 N–H and O–H groups in total. The topological polar surface area (TPSA) is 36.9 Å². The molecule has 2 aromatic carbocycles. The van der Waals surface area contributed by atoms with Gasteiger partial charge < -0.3 is 18.6 Å². The van der Waals surface area contributed by atoms with Crippen LogP contribution in [0.25, 0.3) is 0 Å². The summed E-state index contributed by atoms with van der Waals surface area (Å²) >= 11 is 0. The quantitative estimate of drug-likeness (QED) is 0.134. The standard InChI is InChI=1S/C30H46O4Si/c1-8-27(33-24-25-14-10-9-11-15-25)22-29(34-35(6,7)30(2,3)4)16-12-13-21-32-23-26-17-19-28(31-5)20-18-26/h8-11,14-15,17-20,27,29H,1,12-13,16,21-24H2,2-7H3/t27-,29+/m0/s1. The van der Waals surface area contributed by atoms with Crippen LogP contribution in [0.1, 0.15) is 57.6 Å². The molecule has 0 aromatic heterocycles. The zero-order chi connectivity index (χ0) is 25.7. The molecule has 0 aliphatic carbocycles. The van der Waals surface area contributed by atoms with E-state index in [1.54, 1.807) is 7.11 Å². The van der Waals surface area contributed by atoms with Gasteiger partial charge in [-0.15, -0.1) is 6.58 Å². The fourth-order valence-corrected chi connectivity index (χ4v) is 4.98. The monoisotopic (exact) mass is 498 g/mol. The van der Waals surface area contributed by atoms with E-state index in [1.165, 1.54) is 5.56 Å². The Balaban J connectivity index is 1.85. The molecule has 0 amide bonds. The van der Waals surface area contributed by atoms with Gasteiger partial charge in [0, 0.05) is 19.1 Å². The van der Waals surface area contributed by atoms with E-state index in [4.69, 9.17) is 18.6 Å². The molecule has 0 spiro atoms. The van der Waals surface area contributed by atoms with Crippen LogP contribution in [0.5, 0.6) is 5.75 Å². The van der Waals surface area contributed by atoms with Crippen molar-refractivity contribution in [3.63, 3.8) is 0 Å². The second-order valence-electron chi connectivity index (χ2n) is 10.7. The molecule has 0 fully saturated rings. The van der Waals surface area contributed by atoms with Crippen LogP contribution < -0.4 is 4.74 Å². The first-order chi connectivity index (χ1) is 16.6. The first kappa shape index (κ1) is 29.3. The zero-order valence-corrected chi connectivity index (χ0v) is 23.7. The largest absolute Gasteiger partial charge is 0.497 e. The number of unbranched alkanes of at least 4 members (excludes halogenated alkanes) is 1. The normalized spacial score (nSPS) is 13.9. The van der Waals surface area contributed by atoms with Gasteiger partial charge in [-0.3, -0.25) is 0 Å². The van der Waals surface area contributed by atoms with Crippen LogP contribution in [0.15, 0.2) is 67.3 Å². The number of benzene rings is 2. The second kappa shape index (κ2) is 14.6. The van der Waals surface area contributed by atoms with E-state index in [2.05, 4.69) is 52.6 Å². The molecule has 0 aliphatic heterocycles. The Morgan fingerprint density at radius 1 is 0.914 bits per heavy atom. The lowest BCUT2D eigenvalue weighted by molar-refractivity contribution is 0.0305. The number of methoxy groups -OCH3 is 1. The van der Waals surface area contributed by atoms with E-state index in [1.807, 2.05) is 48.5 Å². The van der Waals surface area contributed by atoms with Crippen LogP contribution >= 0.6 is 0 Å². The predicted molar refractivity (Wildman–Crippen MR) is 148 cm³/mol. The molecule has 0 saturated heterocycles. The summed E-state index contributed by atoms with van der Waals surface area (Å²) in [4.78, 5) is 0. The van der Waals surface area contributed by atoms with Gasteiger partial charge in [-0.2, -0.15) is 0 Å². The van der Waals surface area contributed by atoms with Gasteiger partial charge in [0.1, 0.15) is 5.75 Å². The van der Waals surface area contributed by atoms with Gasteiger partial charge >= 0.3 is 0 Å². The number of ether oxygens (including phenoxy) is 3. The van der Waals surface area contributed by atoms with Crippen molar-refractivity contribution in [3.8, 4) is 5.75 Å². The van der Waals surface area contributed by atoms with E-state index in [0.29, 0.717) is 13.2 Å². The van der Waals surface area contributed by atoms with Crippen molar-refractivity contribution in [1.29, 1.82) is 0 Å². The van der Waals surface area contributed by atoms with Gasteiger partial charge in [0.2, 0.25) is 0 Å². The molecule has 0 bridgehead atoms. The Hall–Kier alpha value is -1.92. The Labute approximate surface area is 214 Å². The number of hydrogen-bond acceptors (Lipinski definition) is 4. The highest BCUT2D eigenvalue weighted by Crippen LogP contribution is 2.38. The highest BCUT2D eigenvalue weighted by atomic mass is 28.4. The van der Waals surface area contributed by atoms with Crippen LogP contribution in [0, 0.1) is 0 Å². The van der Waals surface area contributed by atoms with Crippen LogP contribution in [-0.2, 0) is 27.1 Å². The molecule has 0 unspecified atom stereocenters. The van der Waals surface area contributed by atoms with Crippen molar-refractivity contribution < 1.29 is 18.6 Å². The Morgan fingerprint density at radius 2 is 1.57 bits per heavy atom. The van der Waals surface area contributed by atoms with Crippen molar-refractivity contribution in [2.75, 3.05) is 13.7 Å². The van der Waals surface area contributed by atoms with E-state index >= 15 is 0 Å². The summed E-state index contributed by atoms with van der Waals surface area (Å²) in [5.74, 6) is 0.868. The summed E-state index contributed by atoms with van der Waals surface area (Å²) in [7, 11) is -0.212. The minimum atomic E-state index is -1.89. The molecule has 4 nitrogen and oxygen atoms in total. The van der Waals surface area contributed by atoms with Gasteiger partial charge in [-0.05, 0) is 60.7 Å². The molecule has 0 radical (unpaired) electrons. The highest BCUT2D eigenvalue weighted by molar-refractivity contribution is 6.74. The minimum absolute atomic E-state index is 0.0312. The second-order valence-corrected chi connectivity index (χ2v) is 15.5. The molecule has 35 heavy (non-hydrogen) atoms. The maximum absolute atomic E-state index is 6.84. The maximum Gasteiger partial charge on any atom is 0.192 e. The lowest BCUT2D eigenvalue weighted by Gasteiger charge is -2.40. The van der Waals surface area contributed by atoms with Crippen molar-refractivity contribution >= 4 is 8.32 Å². The lowest BCUT2D eigenvalue weighted by atomic mass is 10.1. The van der Waals surface area contributed by atoms with E-state index in [9.17, 15) is 0 Å². The first-order valence-corrected chi connectivity index (χ1v) is 15.7. The Bertz CT molecular complexity index is 843. The molecular formula is C30H46O4Si. The van der Waals surface area contributed by atoms with Gasteiger partial charge in [0.25, 0.3) is 0 Å². The molecule has 5 heteroatoms. The Kier molecular flexibility index (Phi) is 12.2. The predicted octanol–water partition coefficient (Wildman–Crippen LogP) is 7.93. The molecule has 0 aliphatic rings. The zero-order valence-electron chi connectivity index (χ0n) is 22.7. The van der Waals surface area contributed by atoms with Crippen molar-refractivity contribution in [2.45, 2.75) is 90.0 Å². The molecular weight excluding hydrogens is 452 g/mol. The van der Waals surface area contributed by atoms with Crippen LogP contribution in [0.3, 0.4) is 0 Å². The summed E-state index contributed by atoms with van der Waals surface area (Å²) in [6.07, 6.45) is 5.94. The maximum atomic E-state index is 6.84. The van der Waals surface area contributed by atoms with Crippen LogP contribution in [0.4, 0.5) is 0 Å². The summed E-state index contributed by atoms with van der Waals surface area (Å²) < 4.78 is 24.2. The minimum Gasteiger partial charge on any atom is -0.497 e. The third-order valence-electron chi connectivity index (χ3n) is 6.83. The average Bonchev–Trinajstić information content (AvgIpc) is 2.83. The van der Waals surface area contributed by atoms with Crippen molar-refractivity contribution in [1.82, 2.24) is 0 Å². The Morgan fingerprint density at radius 3 is 2.17 bits per heavy atom. The van der Waals surface area contributed by atoms with Gasteiger partial charge in [0.05, 0.1) is 26.4 Å². The summed E-state index contributed by atoms with van der Waals surface area (Å²) in [5.41, 5.74) is 2.34. The van der Waals surface area contributed by atoms with Gasteiger partial charge in [-0.25, -0.2) is 0 Å². The first-order valence-electron chi connectivity index (χ1n) is 12.8. The molecule has 2 aromatic rings. The van der Waals surface area contributed by atoms with Crippen molar-refractivity contribution in [3.05, 3.63) is 78.4 Å². The molecule has 0 heterocycles. The molecule has 2 rings (SSSR count). The number of rotatable bonds is 16. The van der Waals surface area contributed by atoms with Crippen molar-refractivity contribution in [2.24, 2.45) is 0 Å². The molecule has 0 saturated carbocycles. The van der Waals surface area contributed by atoms with Gasteiger partial charge in [-0.1, -0.05) is 69.3 Å². The average molecular weight is 499 g/mol. The van der Waals surface area contributed by atoms with E-state index in [-0.39, 0.29) is 17.2 Å². The summed E-state index contributed by atoms with van der Waals surface area (Å²) in [6.45, 7) is 17.5. The van der Waals surface area contributed by atoms with E-state index < -0.39 is 8.32 Å². The third kappa shape index (κ3) is 10.7. The fraction of sp³-hybridized carbons (Fsp3) is 0.533. The molecule has 2 atom stereocenters. The summed E-state index contributed by atoms with van der Waals surface area (Å²) in [6, 6.07) is 18.3. The van der Waals surface area contributed by atoms with Crippen LogP contribution in [-0.4, -0.2) is 34.2 Å². The summed E-state index contributed by atoms with van der Waals surface area (Å²) in [5, 5.41) is 0.168. The lowest BCUT2D eigenvalue weighted by Crippen LogP contribution is -2.44. The highest BCUT2D eigenvalue weighted by Gasteiger charge is 2.39.